The van der Waals surface area contributed by atoms with E-state index in [4.69, 9.17) is 0 Å². The number of aliphatic hydroxyl groups is 1. The summed E-state index contributed by atoms with van der Waals surface area (Å²) in [4.78, 5) is -0.352. The van der Waals surface area contributed by atoms with E-state index in [1.807, 2.05) is 0 Å². The Hall–Kier alpha value is -0.460. The molecule has 0 unspecified atom stereocenters. The van der Waals surface area contributed by atoms with E-state index in [9.17, 15) is 17.9 Å². The summed E-state index contributed by atoms with van der Waals surface area (Å²) in [5, 5.41) is 9.20. The zero-order valence-electron chi connectivity index (χ0n) is 9.79. The second-order valence-corrected chi connectivity index (χ2v) is 7.39. The van der Waals surface area contributed by atoms with Crippen LogP contribution in [0.3, 0.4) is 0 Å². The fraction of sp³-hybridized carbons (Fsp3) is 0.455. The Morgan fingerprint density at radius 2 is 1.94 bits per heavy atom. The van der Waals surface area contributed by atoms with E-state index >= 15 is 0 Å². The third-order valence-corrected chi connectivity index (χ3v) is 4.59. The molecule has 1 rings (SSSR count). The van der Waals surface area contributed by atoms with Gasteiger partial charge in [-0.2, -0.15) is 0 Å². The van der Waals surface area contributed by atoms with Crippen molar-refractivity contribution in [3.8, 4) is 0 Å². The van der Waals surface area contributed by atoms with Gasteiger partial charge >= 0.3 is 0 Å². The van der Waals surface area contributed by atoms with Gasteiger partial charge in [-0.05, 0) is 33.6 Å². The van der Waals surface area contributed by atoms with Crippen LogP contribution in [0.4, 0.5) is 4.39 Å². The molecular weight excluding hydrogens is 311 g/mol. The minimum atomic E-state index is -3.62. The van der Waals surface area contributed by atoms with Gasteiger partial charge in [-0.25, -0.2) is 12.8 Å². The Morgan fingerprint density at radius 3 is 2.29 bits per heavy atom. The third kappa shape index (κ3) is 3.05. The number of aliphatic hydroxyl groups excluding tert-OH is 1. The molecule has 0 aliphatic rings. The van der Waals surface area contributed by atoms with Crippen molar-refractivity contribution in [2.45, 2.75) is 24.2 Å². The molecule has 0 aliphatic heterocycles. The van der Waals surface area contributed by atoms with Crippen molar-refractivity contribution in [2.75, 3.05) is 12.9 Å². The van der Waals surface area contributed by atoms with E-state index in [0.717, 1.165) is 12.3 Å². The molecule has 96 valence electrons. The summed E-state index contributed by atoms with van der Waals surface area (Å²) in [5.41, 5.74) is -0.0869. The van der Waals surface area contributed by atoms with Crippen LogP contribution in [0.1, 0.15) is 19.4 Å². The van der Waals surface area contributed by atoms with Gasteiger partial charge in [0.05, 0.1) is 6.61 Å². The van der Waals surface area contributed by atoms with Gasteiger partial charge in [0.25, 0.3) is 0 Å². The molecule has 0 amide bonds. The van der Waals surface area contributed by atoms with E-state index in [2.05, 4.69) is 15.9 Å². The van der Waals surface area contributed by atoms with Crippen LogP contribution in [0.25, 0.3) is 0 Å². The number of hydrogen-bond donors (Lipinski definition) is 1. The number of hydrogen-bond acceptors (Lipinski definition) is 3. The molecule has 0 saturated carbocycles. The molecule has 0 bridgehead atoms. The highest BCUT2D eigenvalue weighted by Crippen LogP contribution is 2.31. The predicted octanol–water partition coefficient (Wildman–Crippen LogP) is 2.26. The minimum Gasteiger partial charge on any atom is -0.395 e. The van der Waals surface area contributed by atoms with E-state index in [1.165, 1.54) is 6.07 Å². The molecule has 6 heteroatoms. The van der Waals surface area contributed by atoms with E-state index in [1.54, 1.807) is 13.8 Å². The van der Waals surface area contributed by atoms with Gasteiger partial charge in [0.2, 0.25) is 0 Å². The highest BCUT2D eigenvalue weighted by atomic mass is 79.9. The first-order valence-corrected chi connectivity index (χ1v) is 7.58. The molecule has 0 heterocycles. The van der Waals surface area contributed by atoms with Crippen LogP contribution >= 0.6 is 15.9 Å². The number of rotatable bonds is 3. The molecule has 1 aromatic rings. The SMILES string of the molecule is CC(C)(CO)c1cc(F)c(S(C)(=O)=O)c(Br)c1. The van der Waals surface area contributed by atoms with Crippen LogP contribution in [0.5, 0.6) is 0 Å². The molecule has 1 aromatic carbocycles. The maximum atomic E-state index is 13.8. The topological polar surface area (TPSA) is 54.4 Å². The Balaban J connectivity index is 3.49. The minimum absolute atomic E-state index is 0.156. The lowest BCUT2D eigenvalue weighted by Gasteiger charge is -2.23. The van der Waals surface area contributed by atoms with E-state index < -0.39 is 21.1 Å². The van der Waals surface area contributed by atoms with Crippen LogP contribution in [0.15, 0.2) is 21.5 Å². The van der Waals surface area contributed by atoms with Gasteiger partial charge in [0.15, 0.2) is 9.84 Å². The molecule has 0 radical (unpaired) electrons. The van der Waals surface area contributed by atoms with Gasteiger partial charge in [-0.1, -0.05) is 13.8 Å². The highest BCUT2D eigenvalue weighted by molar-refractivity contribution is 9.10. The molecule has 0 fully saturated rings. The summed E-state index contributed by atoms with van der Waals surface area (Å²) in [6, 6.07) is 2.67. The first-order valence-electron chi connectivity index (χ1n) is 4.90. The standard InChI is InChI=1S/C11H14BrFO3S/c1-11(2,6-14)7-4-8(12)10(9(13)5-7)17(3,15)16/h4-5,14H,6H2,1-3H3. The largest absolute Gasteiger partial charge is 0.395 e. The number of benzene rings is 1. The van der Waals surface area contributed by atoms with Crippen LogP contribution in [-0.2, 0) is 15.3 Å². The molecule has 0 saturated heterocycles. The van der Waals surface area contributed by atoms with E-state index in [0.29, 0.717) is 5.56 Å². The van der Waals surface area contributed by atoms with Crippen LogP contribution in [0.2, 0.25) is 0 Å². The van der Waals surface area contributed by atoms with Gasteiger partial charge in [0.1, 0.15) is 10.7 Å². The molecule has 0 aromatic heterocycles. The fourth-order valence-electron chi connectivity index (χ4n) is 1.40. The van der Waals surface area contributed by atoms with Crippen molar-refractivity contribution in [1.29, 1.82) is 0 Å². The van der Waals surface area contributed by atoms with Crippen molar-refractivity contribution in [3.63, 3.8) is 0 Å². The average molecular weight is 325 g/mol. The smallest absolute Gasteiger partial charge is 0.179 e. The molecule has 1 N–H and O–H groups in total. The van der Waals surface area contributed by atoms with Crippen LogP contribution < -0.4 is 0 Å². The number of sulfone groups is 1. The summed E-state index contributed by atoms with van der Waals surface area (Å²) >= 11 is 3.05. The lowest BCUT2D eigenvalue weighted by molar-refractivity contribution is 0.218. The quantitative estimate of drug-likeness (QED) is 0.927. The Morgan fingerprint density at radius 1 is 1.41 bits per heavy atom. The van der Waals surface area contributed by atoms with E-state index in [-0.39, 0.29) is 16.0 Å². The van der Waals surface area contributed by atoms with Crippen molar-refractivity contribution in [1.82, 2.24) is 0 Å². The molecule has 0 atom stereocenters. The fourth-order valence-corrected chi connectivity index (χ4v) is 3.54. The predicted molar refractivity (Wildman–Crippen MR) is 67.3 cm³/mol. The molecule has 17 heavy (non-hydrogen) atoms. The van der Waals surface area contributed by atoms with Crippen molar-refractivity contribution in [3.05, 3.63) is 28.0 Å². The Kier molecular flexibility index (Phi) is 4.01. The second kappa shape index (κ2) is 4.66. The van der Waals surface area contributed by atoms with Gasteiger partial charge in [-0.15, -0.1) is 0 Å². The summed E-state index contributed by atoms with van der Waals surface area (Å²) in [6.45, 7) is 3.33. The molecule has 0 spiro atoms. The molecule has 3 nitrogen and oxygen atoms in total. The normalized spacial score (nSPS) is 12.8. The van der Waals surface area contributed by atoms with Crippen molar-refractivity contribution >= 4 is 25.8 Å². The third-order valence-electron chi connectivity index (χ3n) is 2.55. The maximum absolute atomic E-state index is 13.8. The zero-order chi connectivity index (χ0) is 13.4. The Bertz CT molecular complexity index is 515. The average Bonchev–Trinajstić information content (AvgIpc) is 2.14. The summed E-state index contributed by atoms with van der Waals surface area (Å²) < 4.78 is 36.7. The second-order valence-electron chi connectivity index (χ2n) is 4.58. The highest BCUT2D eigenvalue weighted by Gasteiger charge is 2.25. The monoisotopic (exact) mass is 324 g/mol. The first kappa shape index (κ1) is 14.6. The lowest BCUT2D eigenvalue weighted by Crippen LogP contribution is -2.22. The zero-order valence-corrected chi connectivity index (χ0v) is 12.2. The number of halogens is 2. The van der Waals surface area contributed by atoms with Crippen LogP contribution in [-0.4, -0.2) is 26.4 Å². The molecular formula is C11H14BrFO3S. The molecule has 0 aliphatic carbocycles. The summed E-state index contributed by atoms with van der Waals surface area (Å²) in [5.74, 6) is -0.807. The van der Waals surface area contributed by atoms with Gasteiger partial charge in [0, 0.05) is 16.1 Å². The van der Waals surface area contributed by atoms with Gasteiger partial charge < -0.3 is 5.11 Å². The first-order chi connectivity index (χ1) is 7.59. The Labute approximate surface area is 109 Å². The van der Waals surface area contributed by atoms with Crippen molar-refractivity contribution in [2.24, 2.45) is 0 Å². The van der Waals surface area contributed by atoms with Gasteiger partial charge in [-0.3, -0.25) is 0 Å². The van der Waals surface area contributed by atoms with Crippen LogP contribution in [0, 0.1) is 5.82 Å². The lowest BCUT2D eigenvalue weighted by atomic mass is 9.86. The summed E-state index contributed by atoms with van der Waals surface area (Å²) in [7, 11) is -3.62. The summed E-state index contributed by atoms with van der Waals surface area (Å²) in [6.07, 6.45) is 0.951. The maximum Gasteiger partial charge on any atom is 0.179 e. The van der Waals surface area contributed by atoms with Crippen molar-refractivity contribution < 1.29 is 17.9 Å².